The van der Waals surface area contributed by atoms with E-state index in [1.165, 1.54) is 7.11 Å². The van der Waals surface area contributed by atoms with Gasteiger partial charge in [-0.25, -0.2) is 4.79 Å². The second kappa shape index (κ2) is 9.33. The van der Waals surface area contributed by atoms with Crippen molar-refractivity contribution < 1.29 is 19.4 Å². The smallest absolute Gasteiger partial charge is 0.375 e. The van der Waals surface area contributed by atoms with E-state index in [-0.39, 0.29) is 11.5 Å². The van der Waals surface area contributed by atoms with Crippen LogP contribution in [0.15, 0.2) is 29.7 Å². The number of aryl methyl sites for hydroxylation is 1. The Morgan fingerprint density at radius 1 is 1.20 bits per heavy atom. The number of benzene rings is 1. The van der Waals surface area contributed by atoms with Crippen LogP contribution in [-0.4, -0.2) is 26.3 Å². The fourth-order valence-corrected chi connectivity index (χ4v) is 4.92. The number of methoxy groups -OCH3 is 1. The number of allylic oxidation sites excluding steroid dienone is 1. The average molecular weight is 361 g/mol. The summed E-state index contributed by atoms with van der Waals surface area (Å²) in [4.78, 5) is 11.4. The number of aliphatic carboxylic acids is 1. The lowest BCUT2D eigenvalue weighted by Crippen LogP contribution is -2.29. The summed E-state index contributed by atoms with van der Waals surface area (Å²) in [6, 6.07) is 9.06. The Hall–Kier alpha value is -2.19. The molecular weight excluding hydrogens is 332 g/mol. The van der Waals surface area contributed by atoms with Gasteiger partial charge in [-0.05, 0) is 49.7 Å². The van der Waals surface area contributed by atoms with Gasteiger partial charge < -0.3 is 14.6 Å². The molecule has 0 spiro atoms. The SMILES string of the molecule is CC[Si](C#Cc1ccc(C)c(OC(C(=O)O)=C(C)OC)c1)(CC)CC. The van der Waals surface area contributed by atoms with Gasteiger partial charge in [-0.3, -0.25) is 0 Å². The fourth-order valence-electron chi connectivity index (χ4n) is 2.48. The molecule has 1 rings (SSSR count). The highest BCUT2D eigenvalue weighted by atomic mass is 28.3. The first-order chi connectivity index (χ1) is 11.8. The summed E-state index contributed by atoms with van der Waals surface area (Å²) < 4.78 is 10.6. The molecule has 0 saturated heterocycles. The molecule has 4 nitrogen and oxygen atoms in total. The largest absolute Gasteiger partial charge is 0.497 e. The van der Waals surface area contributed by atoms with Crippen molar-refractivity contribution in [1.29, 1.82) is 0 Å². The minimum Gasteiger partial charge on any atom is -0.497 e. The predicted molar refractivity (Wildman–Crippen MR) is 103 cm³/mol. The molecule has 0 aliphatic carbocycles. The monoisotopic (exact) mass is 360 g/mol. The molecule has 0 aliphatic rings. The molecule has 0 saturated carbocycles. The van der Waals surface area contributed by atoms with Crippen LogP contribution in [0.25, 0.3) is 0 Å². The number of carbonyl (C=O) groups is 1. The van der Waals surface area contributed by atoms with Gasteiger partial charge in [0.05, 0.1) is 7.11 Å². The second-order valence-electron chi connectivity index (χ2n) is 6.07. The van der Waals surface area contributed by atoms with E-state index in [0.717, 1.165) is 29.3 Å². The first kappa shape index (κ1) is 20.9. The van der Waals surface area contributed by atoms with Crippen molar-refractivity contribution in [3.8, 4) is 17.2 Å². The highest BCUT2D eigenvalue weighted by Crippen LogP contribution is 2.24. The lowest BCUT2D eigenvalue weighted by molar-refractivity contribution is -0.135. The molecule has 0 heterocycles. The lowest BCUT2D eigenvalue weighted by atomic mass is 10.1. The van der Waals surface area contributed by atoms with Crippen LogP contribution < -0.4 is 4.74 Å². The molecule has 1 aromatic carbocycles. The van der Waals surface area contributed by atoms with Crippen molar-refractivity contribution in [3.63, 3.8) is 0 Å². The Labute approximate surface area is 151 Å². The molecule has 0 aliphatic heterocycles. The number of carboxylic acids is 1. The standard InChI is InChI=1S/C20H28O4Si/c1-7-25(8-2,9-3)13-12-17-11-10-15(4)18(14-17)24-19(20(21)22)16(5)23-6/h10-11,14H,7-9H2,1-6H3,(H,21,22). The van der Waals surface area contributed by atoms with Crippen molar-refractivity contribution in [2.45, 2.75) is 52.8 Å². The maximum absolute atomic E-state index is 11.4. The number of rotatable bonds is 7. The molecule has 0 unspecified atom stereocenters. The van der Waals surface area contributed by atoms with Gasteiger partial charge in [0.1, 0.15) is 19.6 Å². The van der Waals surface area contributed by atoms with Crippen LogP contribution in [0.3, 0.4) is 0 Å². The van der Waals surface area contributed by atoms with Gasteiger partial charge in [0.2, 0.25) is 5.76 Å². The maximum Gasteiger partial charge on any atom is 0.375 e. The molecule has 0 atom stereocenters. The quantitative estimate of drug-likeness (QED) is 0.330. The van der Waals surface area contributed by atoms with Crippen LogP contribution in [0.1, 0.15) is 38.8 Å². The summed E-state index contributed by atoms with van der Waals surface area (Å²) in [7, 11) is -0.113. The van der Waals surface area contributed by atoms with E-state index in [0.29, 0.717) is 5.75 Å². The van der Waals surface area contributed by atoms with Gasteiger partial charge in [-0.2, -0.15) is 0 Å². The second-order valence-corrected chi connectivity index (χ2v) is 11.0. The summed E-state index contributed by atoms with van der Waals surface area (Å²) in [6.07, 6.45) is 0. The molecule has 1 N–H and O–H groups in total. The van der Waals surface area contributed by atoms with Crippen LogP contribution in [0.5, 0.6) is 5.75 Å². The van der Waals surface area contributed by atoms with Gasteiger partial charge in [0.25, 0.3) is 0 Å². The number of carboxylic acid groups (broad SMARTS) is 1. The van der Waals surface area contributed by atoms with E-state index in [9.17, 15) is 9.90 Å². The third kappa shape index (κ3) is 5.40. The van der Waals surface area contributed by atoms with E-state index in [1.54, 1.807) is 13.0 Å². The topological polar surface area (TPSA) is 55.8 Å². The van der Waals surface area contributed by atoms with Gasteiger partial charge >= 0.3 is 5.97 Å². The van der Waals surface area contributed by atoms with Crippen molar-refractivity contribution in [3.05, 3.63) is 40.8 Å². The van der Waals surface area contributed by atoms with Crippen LogP contribution in [0.4, 0.5) is 0 Å². The summed E-state index contributed by atoms with van der Waals surface area (Å²) in [5, 5.41) is 9.32. The molecule has 5 heteroatoms. The van der Waals surface area contributed by atoms with Crippen molar-refractivity contribution in [1.82, 2.24) is 0 Å². The number of ether oxygens (including phenoxy) is 2. The van der Waals surface area contributed by atoms with Gasteiger partial charge in [0, 0.05) is 5.56 Å². The normalized spacial score (nSPS) is 11.9. The third-order valence-corrected chi connectivity index (χ3v) is 9.44. The highest BCUT2D eigenvalue weighted by molar-refractivity contribution is 6.87. The zero-order chi connectivity index (χ0) is 19.0. The van der Waals surface area contributed by atoms with Crippen molar-refractivity contribution in [2.24, 2.45) is 0 Å². The highest BCUT2D eigenvalue weighted by Gasteiger charge is 2.24. The van der Waals surface area contributed by atoms with E-state index >= 15 is 0 Å². The summed E-state index contributed by atoms with van der Waals surface area (Å²) in [6.45, 7) is 10.1. The third-order valence-electron chi connectivity index (χ3n) is 4.72. The average Bonchev–Trinajstić information content (AvgIpc) is 2.62. The van der Waals surface area contributed by atoms with Crippen LogP contribution in [-0.2, 0) is 9.53 Å². The summed E-state index contributed by atoms with van der Waals surface area (Å²) >= 11 is 0. The molecule has 0 aromatic heterocycles. The molecule has 0 bridgehead atoms. The number of hydrogen-bond donors (Lipinski definition) is 1. The lowest BCUT2D eigenvalue weighted by Gasteiger charge is -2.20. The predicted octanol–water partition coefficient (Wildman–Crippen LogP) is 4.74. The molecular formula is C20H28O4Si. The molecule has 136 valence electrons. The maximum atomic E-state index is 11.4. The molecule has 0 amide bonds. The zero-order valence-corrected chi connectivity index (χ0v) is 17.0. The first-order valence-electron chi connectivity index (χ1n) is 8.62. The minimum absolute atomic E-state index is 0.213. The summed E-state index contributed by atoms with van der Waals surface area (Å²) in [5.74, 6) is 2.62. The zero-order valence-electron chi connectivity index (χ0n) is 16.0. The molecule has 0 fully saturated rings. The first-order valence-corrected chi connectivity index (χ1v) is 11.2. The Morgan fingerprint density at radius 2 is 1.80 bits per heavy atom. The van der Waals surface area contributed by atoms with Gasteiger partial charge in [-0.15, -0.1) is 5.54 Å². The number of hydrogen-bond acceptors (Lipinski definition) is 3. The van der Waals surface area contributed by atoms with E-state index < -0.39 is 14.0 Å². The van der Waals surface area contributed by atoms with Gasteiger partial charge in [-0.1, -0.05) is 32.8 Å². The van der Waals surface area contributed by atoms with E-state index in [4.69, 9.17) is 9.47 Å². The van der Waals surface area contributed by atoms with E-state index in [1.807, 2.05) is 19.1 Å². The van der Waals surface area contributed by atoms with Crippen LogP contribution in [0, 0.1) is 18.4 Å². The Balaban J connectivity index is 3.23. The fraction of sp³-hybridized carbons (Fsp3) is 0.450. The van der Waals surface area contributed by atoms with Crippen LogP contribution >= 0.6 is 0 Å². The molecule has 1 aromatic rings. The van der Waals surface area contributed by atoms with E-state index in [2.05, 4.69) is 32.2 Å². The van der Waals surface area contributed by atoms with Crippen molar-refractivity contribution >= 4 is 14.0 Å². The summed E-state index contributed by atoms with van der Waals surface area (Å²) in [5.41, 5.74) is 5.22. The van der Waals surface area contributed by atoms with Crippen LogP contribution in [0.2, 0.25) is 18.1 Å². The van der Waals surface area contributed by atoms with Crippen molar-refractivity contribution in [2.75, 3.05) is 7.11 Å². The molecule has 0 radical (unpaired) electrons. The van der Waals surface area contributed by atoms with Gasteiger partial charge in [0.15, 0.2) is 0 Å². The Bertz CT molecular complexity index is 698. The Morgan fingerprint density at radius 3 is 2.28 bits per heavy atom. The minimum atomic E-state index is -1.53. The Kier molecular flexibility index (Phi) is 7.78. The molecule has 25 heavy (non-hydrogen) atoms.